The van der Waals surface area contributed by atoms with E-state index in [9.17, 15) is 27.9 Å². The minimum absolute atomic E-state index is 0.0604. The average molecular weight is 645 g/mol. The van der Waals surface area contributed by atoms with Crippen molar-refractivity contribution in [1.29, 1.82) is 0 Å². The lowest BCUT2D eigenvalue weighted by Gasteiger charge is -2.64. The highest BCUT2D eigenvalue weighted by Crippen LogP contribution is 2.69. The maximum absolute atomic E-state index is 12.4. The van der Waals surface area contributed by atoms with Crippen molar-refractivity contribution in [3.63, 3.8) is 0 Å². The molecule has 4 aliphatic carbocycles. The van der Waals surface area contributed by atoms with E-state index in [4.69, 9.17) is 23.5 Å². The van der Waals surface area contributed by atoms with Crippen LogP contribution in [0.2, 0.25) is 0 Å². The third-order valence-corrected chi connectivity index (χ3v) is 12.5. The first-order valence-electron chi connectivity index (χ1n) is 16.2. The first-order chi connectivity index (χ1) is 20.5. The number of esters is 3. The number of rotatable bonds is 11. The highest BCUT2D eigenvalue weighted by Gasteiger charge is 2.67. The molecule has 0 aromatic heterocycles. The summed E-state index contributed by atoms with van der Waals surface area (Å²) in [4.78, 5) is 36.6. The monoisotopic (exact) mass is 644 g/mol. The van der Waals surface area contributed by atoms with Crippen LogP contribution in [0.5, 0.6) is 0 Å². The van der Waals surface area contributed by atoms with E-state index in [1.807, 2.05) is 0 Å². The van der Waals surface area contributed by atoms with Crippen LogP contribution < -0.4 is 0 Å². The molecule has 11 nitrogen and oxygen atoms in total. The van der Waals surface area contributed by atoms with Gasteiger partial charge < -0.3 is 24.1 Å². The molecule has 0 spiro atoms. The number of aliphatic hydroxyl groups excluding tert-OH is 1. The summed E-state index contributed by atoms with van der Waals surface area (Å²) in [5.41, 5.74) is -0.405. The van der Waals surface area contributed by atoms with E-state index in [0.717, 1.165) is 38.5 Å². The van der Waals surface area contributed by atoms with Crippen LogP contribution in [0.25, 0.3) is 0 Å². The van der Waals surface area contributed by atoms with Crippen LogP contribution >= 0.6 is 0 Å². The average Bonchev–Trinajstić information content (AvgIpc) is 3.25. The highest BCUT2D eigenvalue weighted by molar-refractivity contribution is 7.85. The van der Waals surface area contributed by atoms with Crippen molar-refractivity contribution in [1.82, 2.24) is 0 Å². The molecule has 12 atom stereocenters. The molecule has 0 saturated heterocycles. The fourth-order valence-corrected chi connectivity index (χ4v) is 10.4. The number of carbonyl (C=O) groups is 3. The van der Waals surface area contributed by atoms with E-state index in [1.54, 1.807) is 6.92 Å². The Morgan fingerprint density at radius 3 is 2.25 bits per heavy atom. The van der Waals surface area contributed by atoms with Crippen molar-refractivity contribution in [2.75, 3.05) is 12.4 Å². The van der Waals surface area contributed by atoms with Crippen molar-refractivity contribution >= 4 is 28.0 Å². The van der Waals surface area contributed by atoms with Gasteiger partial charge in [0, 0.05) is 31.6 Å². The maximum Gasteiger partial charge on any atom is 0.305 e. The second-order valence-corrected chi connectivity index (χ2v) is 16.0. The van der Waals surface area contributed by atoms with Crippen LogP contribution in [-0.4, -0.2) is 72.9 Å². The van der Waals surface area contributed by atoms with Crippen LogP contribution in [0.1, 0.15) is 99.3 Å². The van der Waals surface area contributed by atoms with Gasteiger partial charge in [-0.25, -0.2) is 0 Å². The SMILES string of the molecule is CC(=O)OC1CC[C@@]2(C)C(C1)CC(OC(C)=O)[C@H]1[C@@H]3CC[C@H]([C@H](C)CCC(=O)OCCS(=O)(=O)O)[C@@]3(C)C(OC(C)O)C[C@@H]12. The van der Waals surface area contributed by atoms with Gasteiger partial charge in [-0.3, -0.25) is 18.9 Å². The molecule has 0 amide bonds. The largest absolute Gasteiger partial charge is 0.464 e. The number of aliphatic hydroxyl groups is 1. The predicted octanol–water partition coefficient (Wildman–Crippen LogP) is 4.30. The Kier molecular flexibility index (Phi) is 10.8. The summed E-state index contributed by atoms with van der Waals surface area (Å²) in [6.07, 6.45) is 4.73. The van der Waals surface area contributed by atoms with Crippen molar-refractivity contribution in [3.8, 4) is 0 Å². The molecule has 4 aliphatic rings. The Hall–Kier alpha value is -1.76. The molecule has 44 heavy (non-hydrogen) atoms. The van der Waals surface area contributed by atoms with Gasteiger partial charge in [-0.1, -0.05) is 20.8 Å². The van der Waals surface area contributed by atoms with E-state index in [-0.39, 0.29) is 89.6 Å². The van der Waals surface area contributed by atoms with Gasteiger partial charge in [0.1, 0.15) is 24.6 Å². The third-order valence-electron chi connectivity index (χ3n) is 11.9. The quantitative estimate of drug-likeness (QED) is 0.143. The molecule has 0 radical (unpaired) electrons. The van der Waals surface area contributed by atoms with Crippen molar-refractivity contribution in [2.24, 2.45) is 46.3 Å². The lowest BCUT2D eigenvalue weighted by molar-refractivity contribution is -0.250. The molecular formula is C32H52O11S. The Morgan fingerprint density at radius 1 is 0.955 bits per heavy atom. The predicted molar refractivity (Wildman–Crippen MR) is 159 cm³/mol. The van der Waals surface area contributed by atoms with Gasteiger partial charge in [0.15, 0.2) is 6.29 Å². The molecule has 12 heteroatoms. The summed E-state index contributed by atoms with van der Waals surface area (Å²) >= 11 is 0. The van der Waals surface area contributed by atoms with E-state index < -0.39 is 28.1 Å². The molecule has 2 N–H and O–H groups in total. The Bertz CT molecular complexity index is 1170. The zero-order valence-electron chi connectivity index (χ0n) is 27.0. The zero-order valence-corrected chi connectivity index (χ0v) is 27.8. The molecule has 4 fully saturated rings. The smallest absolute Gasteiger partial charge is 0.305 e. The van der Waals surface area contributed by atoms with Crippen molar-refractivity contribution in [3.05, 3.63) is 0 Å². The summed E-state index contributed by atoms with van der Waals surface area (Å²) in [6.45, 7) is 10.9. The van der Waals surface area contributed by atoms with Crippen LogP contribution in [0, 0.1) is 46.3 Å². The van der Waals surface area contributed by atoms with Gasteiger partial charge in [0.25, 0.3) is 10.1 Å². The topological polar surface area (TPSA) is 163 Å². The van der Waals surface area contributed by atoms with Crippen molar-refractivity contribution in [2.45, 2.75) is 124 Å². The normalized spacial score (nSPS) is 39.6. The minimum Gasteiger partial charge on any atom is -0.464 e. The van der Waals surface area contributed by atoms with Gasteiger partial charge in [-0.2, -0.15) is 8.42 Å². The van der Waals surface area contributed by atoms with Gasteiger partial charge in [-0.05, 0) is 93.3 Å². The van der Waals surface area contributed by atoms with E-state index in [1.165, 1.54) is 13.8 Å². The van der Waals surface area contributed by atoms with Crippen LogP contribution in [0.3, 0.4) is 0 Å². The summed E-state index contributed by atoms with van der Waals surface area (Å²) < 4.78 is 54.0. The Balaban J connectivity index is 1.59. The molecule has 4 saturated carbocycles. The molecule has 0 heterocycles. The lowest BCUT2D eigenvalue weighted by Crippen LogP contribution is -2.63. The first-order valence-corrected chi connectivity index (χ1v) is 17.8. The van der Waals surface area contributed by atoms with Gasteiger partial charge in [0.2, 0.25) is 0 Å². The van der Waals surface area contributed by atoms with Crippen LogP contribution in [0.4, 0.5) is 0 Å². The molecule has 0 aliphatic heterocycles. The lowest BCUT2D eigenvalue weighted by atomic mass is 9.43. The third kappa shape index (κ3) is 7.44. The summed E-state index contributed by atoms with van der Waals surface area (Å²) in [6, 6.07) is 0. The number of carbonyl (C=O) groups excluding carboxylic acids is 3. The van der Waals surface area contributed by atoms with E-state index in [0.29, 0.717) is 12.8 Å². The fourth-order valence-electron chi connectivity index (χ4n) is 10.1. The Labute approximate surface area is 261 Å². The zero-order chi connectivity index (χ0) is 32.6. The second kappa shape index (κ2) is 13.5. The number of hydrogen-bond acceptors (Lipinski definition) is 10. The van der Waals surface area contributed by atoms with E-state index >= 15 is 0 Å². The Morgan fingerprint density at radius 2 is 1.64 bits per heavy atom. The summed E-state index contributed by atoms with van der Waals surface area (Å²) in [7, 11) is -4.21. The van der Waals surface area contributed by atoms with E-state index in [2.05, 4.69) is 20.8 Å². The highest BCUT2D eigenvalue weighted by atomic mass is 32.2. The number of fused-ring (bicyclic) bond motifs is 5. The molecule has 252 valence electrons. The standard InChI is InChI=1S/C32H52O11S/c1-18(7-10-29(36)40-13-14-44(37,38)39)24-8-9-25-30-26(17-28(32(24,25)6)43-21(4)35)31(5)12-11-23(41-19(2)33)15-22(31)16-27(30)42-20(3)34/h18,21-28,30,35H,7-17H2,1-6H3,(H,37,38,39)/t18-,21?,22?,23?,24-,25+,26+,27?,28?,30+,31+,32-/m1/s1. The minimum atomic E-state index is -4.21. The maximum atomic E-state index is 12.4. The molecule has 0 aromatic rings. The van der Waals surface area contributed by atoms with Gasteiger partial charge >= 0.3 is 17.9 Å². The summed E-state index contributed by atoms with van der Waals surface area (Å²) in [5, 5.41) is 10.5. The first kappa shape index (κ1) is 35.1. The molecule has 0 bridgehead atoms. The molecule has 5 unspecified atom stereocenters. The van der Waals surface area contributed by atoms with Crippen LogP contribution in [0.15, 0.2) is 0 Å². The number of hydrogen-bond donors (Lipinski definition) is 2. The summed E-state index contributed by atoms with van der Waals surface area (Å²) in [5.74, 6) is -0.746. The van der Waals surface area contributed by atoms with Crippen molar-refractivity contribution < 1.29 is 51.4 Å². The van der Waals surface area contributed by atoms with Gasteiger partial charge in [0.05, 0.1) is 6.10 Å². The molecular weight excluding hydrogens is 592 g/mol. The molecule has 0 aromatic carbocycles. The second-order valence-electron chi connectivity index (χ2n) is 14.4. The molecule has 4 rings (SSSR count). The number of ether oxygens (including phenoxy) is 4. The fraction of sp³-hybridized carbons (Fsp3) is 0.906. The van der Waals surface area contributed by atoms with Crippen LogP contribution in [-0.2, 0) is 43.4 Å². The van der Waals surface area contributed by atoms with Gasteiger partial charge in [-0.15, -0.1) is 0 Å².